The quantitative estimate of drug-likeness (QED) is 0.214. The molecule has 0 fully saturated rings. The molecule has 0 aliphatic heterocycles. The molecule has 4 nitrogen and oxygen atoms in total. The minimum absolute atomic E-state index is 0.0121. The van der Waals surface area contributed by atoms with Gasteiger partial charge in [-0.1, -0.05) is 79.4 Å². The zero-order valence-electron chi connectivity index (χ0n) is 17.3. The van der Waals surface area contributed by atoms with E-state index in [4.69, 9.17) is 9.47 Å². The monoisotopic (exact) mass is 366 g/mol. The first-order valence-corrected chi connectivity index (χ1v) is 10.1. The molecule has 0 aromatic heterocycles. The number of carbonyl (C=O) groups excluding carboxylic acids is 2. The first-order valence-electron chi connectivity index (χ1n) is 10.1. The lowest BCUT2D eigenvalue weighted by atomic mass is 10.0. The molecule has 0 saturated carbocycles. The van der Waals surface area contributed by atoms with E-state index in [9.17, 15) is 9.59 Å². The van der Waals surface area contributed by atoms with Crippen LogP contribution in [0.1, 0.15) is 79.1 Å². The minimum Gasteiger partial charge on any atom is -0.462 e. The van der Waals surface area contributed by atoms with Crippen LogP contribution < -0.4 is 0 Å². The van der Waals surface area contributed by atoms with Gasteiger partial charge in [-0.15, -0.1) is 0 Å². The molecule has 0 bridgehead atoms. The van der Waals surface area contributed by atoms with Crippen LogP contribution in [0.15, 0.2) is 24.3 Å². The van der Waals surface area contributed by atoms with Gasteiger partial charge in [0, 0.05) is 0 Å². The van der Waals surface area contributed by atoms with Crippen LogP contribution in [0.25, 0.3) is 0 Å². The van der Waals surface area contributed by atoms with Crippen molar-refractivity contribution in [2.75, 3.05) is 13.2 Å². The zero-order valence-corrected chi connectivity index (χ0v) is 17.3. The molecule has 2 atom stereocenters. The van der Waals surface area contributed by atoms with Gasteiger partial charge in [0.05, 0.1) is 24.4 Å². The van der Waals surface area contributed by atoms with Crippen molar-refractivity contribution in [3.05, 3.63) is 24.3 Å². The number of hydrogen-bond acceptors (Lipinski definition) is 4. The van der Waals surface area contributed by atoms with E-state index in [1.807, 2.05) is 0 Å². The molecule has 0 amide bonds. The Hall–Kier alpha value is -1.58. The van der Waals surface area contributed by atoms with E-state index in [0.717, 1.165) is 51.4 Å². The summed E-state index contributed by atoms with van der Waals surface area (Å²) in [4.78, 5) is 24.3. The number of rotatable bonds is 15. The van der Waals surface area contributed by atoms with Crippen LogP contribution in [0.4, 0.5) is 0 Å². The summed E-state index contributed by atoms with van der Waals surface area (Å²) in [6.45, 7) is 16.5. The van der Waals surface area contributed by atoms with Gasteiger partial charge in [-0.25, -0.2) is 9.59 Å². The third-order valence-electron chi connectivity index (χ3n) is 4.84. The molecule has 26 heavy (non-hydrogen) atoms. The maximum absolute atomic E-state index is 12.1. The first-order chi connectivity index (χ1) is 12.4. The molecule has 2 unspecified atom stereocenters. The van der Waals surface area contributed by atoms with Crippen molar-refractivity contribution in [1.29, 1.82) is 0 Å². The Balaban J connectivity index is 4.39. The molecular weight excluding hydrogens is 328 g/mol. The summed E-state index contributed by atoms with van der Waals surface area (Å²) >= 11 is 0. The summed E-state index contributed by atoms with van der Waals surface area (Å²) in [6, 6.07) is 0. The third kappa shape index (κ3) is 9.79. The van der Waals surface area contributed by atoms with E-state index in [-0.39, 0.29) is 11.1 Å². The highest BCUT2D eigenvalue weighted by Crippen LogP contribution is 2.17. The number of hydrogen-bond donors (Lipinski definition) is 0. The second-order valence-corrected chi connectivity index (χ2v) is 6.99. The average molecular weight is 367 g/mol. The van der Waals surface area contributed by atoms with Crippen LogP contribution >= 0.6 is 0 Å². The van der Waals surface area contributed by atoms with E-state index >= 15 is 0 Å². The summed E-state index contributed by atoms with van der Waals surface area (Å²) in [6.07, 6.45) is 8.46. The molecule has 0 spiro atoms. The first kappa shape index (κ1) is 24.4. The number of carbonyl (C=O) groups is 2. The van der Waals surface area contributed by atoms with Crippen molar-refractivity contribution in [3.63, 3.8) is 0 Å². The standard InChI is InChI=1S/C22H38O4/c1-7-11-13-19(9-3)15-25-21(23)17(5)18(6)22(24)26-16-20(10-4)14-12-8-2/h19-20H,5-16H2,1-4H3. The summed E-state index contributed by atoms with van der Waals surface area (Å²) in [7, 11) is 0. The van der Waals surface area contributed by atoms with Crippen LogP contribution in [-0.2, 0) is 19.1 Å². The Morgan fingerprint density at radius 1 is 0.731 bits per heavy atom. The summed E-state index contributed by atoms with van der Waals surface area (Å²) in [5.41, 5.74) is -0.0242. The van der Waals surface area contributed by atoms with Gasteiger partial charge in [0.1, 0.15) is 0 Å². The van der Waals surface area contributed by atoms with Crippen LogP contribution in [0.2, 0.25) is 0 Å². The van der Waals surface area contributed by atoms with Crippen LogP contribution in [0, 0.1) is 11.8 Å². The molecule has 0 saturated heterocycles. The lowest BCUT2D eigenvalue weighted by Crippen LogP contribution is -2.20. The van der Waals surface area contributed by atoms with E-state index in [0.29, 0.717) is 25.0 Å². The van der Waals surface area contributed by atoms with E-state index in [1.54, 1.807) is 0 Å². The fourth-order valence-electron chi connectivity index (χ4n) is 2.60. The van der Waals surface area contributed by atoms with Gasteiger partial charge < -0.3 is 9.47 Å². The van der Waals surface area contributed by atoms with Gasteiger partial charge in [-0.05, 0) is 24.7 Å². The molecule has 0 aromatic rings. The minimum atomic E-state index is -0.583. The number of esters is 2. The topological polar surface area (TPSA) is 52.6 Å². The summed E-state index contributed by atoms with van der Waals surface area (Å²) in [5.74, 6) is -0.480. The summed E-state index contributed by atoms with van der Waals surface area (Å²) in [5, 5.41) is 0. The Bertz CT molecular complexity index is 411. The molecule has 0 radical (unpaired) electrons. The van der Waals surface area contributed by atoms with Crippen molar-refractivity contribution in [2.45, 2.75) is 79.1 Å². The fourth-order valence-corrected chi connectivity index (χ4v) is 2.60. The molecule has 0 N–H and O–H groups in total. The Morgan fingerprint density at radius 3 is 1.35 bits per heavy atom. The fraction of sp³-hybridized carbons (Fsp3) is 0.727. The van der Waals surface area contributed by atoms with Crippen molar-refractivity contribution in [2.24, 2.45) is 11.8 Å². The van der Waals surface area contributed by atoms with Crippen LogP contribution in [0.3, 0.4) is 0 Å². The molecule has 0 rings (SSSR count). The lowest BCUT2D eigenvalue weighted by Gasteiger charge is -2.17. The SMILES string of the molecule is C=C(C(=C)C(=O)OCC(CC)CCCC)C(=O)OCC(CC)CCCC. The van der Waals surface area contributed by atoms with Crippen molar-refractivity contribution >= 4 is 11.9 Å². The molecule has 0 aromatic carbocycles. The van der Waals surface area contributed by atoms with Gasteiger partial charge in [-0.3, -0.25) is 0 Å². The molecule has 0 aliphatic carbocycles. The van der Waals surface area contributed by atoms with E-state index < -0.39 is 11.9 Å². The Kier molecular flexibility index (Phi) is 13.7. The predicted octanol–water partition coefficient (Wildman–Crippen LogP) is 5.62. The Labute approximate surface area is 160 Å². The number of ether oxygens (including phenoxy) is 2. The number of unbranched alkanes of at least 4 members (excludes halogenated alkanes) is 2. The van der Waals surface area contributed by atoms with Gasteiger partial charge >= 0.3 is 11.9 Å². The van der Waals surface area contributed by atoms with Gasteiger partial charge in [0.2, 0.25) is 0 Å². The Morgan fingerprint density at radius 2 is 1.08 bits per heavy atom. The molecule has 150 valence electrons. The summed E-state index contributed by atoms with van der Waals surface area (Å²) < 4.78 is 10.6. The highest BCUT2D eigenvalue weighted by Gasteiger charge is 2.21. The van der Waals surface area contributed by atoms with Crippen molar-refractivity contribution in [3.8, 4) is 0 Å². The highest BCUT2D eigenvalue weighted by atomic mass is 16.5. The second-order valence-electron chi connectivity index (χ2n) is 6.99. The van der Waals surface area contributed by atoms with E-state index in [1.165, 1.54) is 0 Å². The van der Waals surface area contributed by atoms with Gasteiger partial charge in [0.15, 0.2) is 0 Å². The third-order valence-corrected chi connectivity index (χ3v) is 4.84. The maximum Gasteiger partial charge on any atom is 0.338 e. The normalized spacial score (nSPS) is 12.9. The van der Waals surface area contributed by atoms with E-state index in [2.05, 4.69) is 40.9 Å². The predicted molar refractivity (Wildman–Crippen MR) is 107 cm³/mol. The molecule has 4 heteroatoms. The molecular formula is C22H38O4. The van der Waals surface area contributed by atoms with Gasteiger partial charge in [0.25, 0.3) is 0 Å². The maximum atomic E-state index is 12.1. The highest BCUT2D eigenvalue weighted by molar-refractivity contribution is 6.06. The van der Waals surface area contributed by atoms with Crippen molar-refractivity contribution in [1.82, 2.24) is 0 Å². The largest absolute Gasteiger partial charge is 0.462 e. The second kappa shape index (κ2) is 14.6. The smallest absolute Gasteiger partial charge is 0.338 e. The van der Waals surface area contributed by atoms with Crippen LogP contribution in [-0.4, -0.2) is 25.2 Å². The van der Waals surface area contributed by atoms with Gasteiger partial charge in [-0.2, -0.15) is 0 Å². The molecule has 0 aliphatic rings. The van der Waals surface area contributed by atoms with Crippen LogP contribution in [0.5, 0.6) is 0 Å². The lowest BCUT2D eigenvalue weighted by molar-refractivity contribution is -0.144. The average Bonchev–Trinajstić information content (AvgIpc) is 2.66. The van der Waals surface area contributed by atoms with Crippen molar-refractivity contribution < 1.29 is 19.1 Å². The zero-order chi connectivity index (χ0) is 19.9. The molecule has 0 heterocycles.